The van der Waals surface area contributed by atoms with Crippen molar-refractivity contribution < 1.29 is 31.9 Å². The maximum atomic E-state index is 13.9. The van der Waals surface area contributed by atoms with Crippen LogP contribution in [0.3, 0.4) is 0 Å². The molecule has 1 aromatic carbocycles. The fraction of sp³-hybridized carbons (Fsp3) is 0.385. The highest BCUT2D eigenvalue weighted by atomic mass is 32.2. The number of halogens is 1. The third kappa shape index (κ3) is 5.49. The molecule has 0 saturated carbocycles. The van der Waals surface area contributed by atoms with Gasteiger partial charge in [-0.05, 0) is 18.2 Å². The van der Waals surface area contributed by atoms with Crippen molar-refractivity contribution in [3.05, 3.63) is 24.0 Å². The van der Waals surface area contributed by atoms with Gasteiger partial charge in [0.05, 0.1) is 12.0 Å². The van der Waals surface area contributed by atoms with E-state index in [-0.39, 0.29) is 23.2 Å². The van der Waals surface area contributed by atoms with Crippen LogP contribution in [0.5, 0.6) is 5.75 Å². The van der Waals surface area contributed by atoms with E-state index in [1.54, 1.807) is 0 Å². The first-order valence-corrected chi connectivity index (χ1v) is 7.84. The molecule has 0 atom stereocenters. The van der Waals surface area contributed by atoms with Crippen molar-refractivity contribution in [2.45, 2.75) is 4.90 Å². The number of methoxy groups -OCH3 is 1. The van der Waals surface area contributed by atoms with E-state index in [2.05, 4.69) is 4.74 Å². The Kier molecular flexibility index (Phi) is 6.46. The largest absolute Gasteiger partial charge is 0.481 e. The van der Waals surface area contributed by atoms with Crippen LogP contribution in [0, 0.1) is 5.82 Å². The lowest BCUT2D eigenvalue weighted by atomic mass is 10.3. The minimum Gasteiger partial charge on any atom is -0.481 e. The lowest BCUT2D eigenvalue weighted by molar-refractivity contribution is -0.139. The second-order valence-corrected chi connectivity index (χ2v) is 6.34. The molecule has 8 nitrogen and oxygen atoms in total. The molecule has 1 rings (SSSR count). The molecule has 0 spiro atoms. The number of rotatable bonds is 7. The van der Waals surface area contributed by atoms with Gasteiger partial charge in [0.25, 0.3) is 5.91 Å². The van der Waals surface area contributed by atoms with Gasteiger partial charge in [-0.2, -0.15) is 4.72 Å². The van der Waals surface area contributed by atoms with Crippen LogP contribution >= 0.6 is 0 Å². The maximum absolute atomic E-state index is 13.9. The van der Waals surface area contributed by atoms with Crippen LogP contribution in [0.2, 0.25) is 0 Å². The van der Waals surface area contributed by atoms with Crippen molar-refractivity contribution in [3.8, 4) is 5.75 Å². The molecule has 1 amide bonds. The summed E-state index contributed by atoms with van der Waals surface area (Å²) < 4.78 is 48.9. The molecule has 0 aliphatic heterocycles. The first kappa shape index (κ1) is 18.8. The van der Waals surface area contributed by atoms with Gasteiger partial charge >= 0.3 is 5.97 Å². The third-order valence-electron chi connectivity index (χ3n) is 2.70. The second-order valence-electron chi connectivity index (χ2n) is 4.57. The monoisotopic (exact) mass is 348 g/mol. The molecule has 0 unspecified atom stereocenters. The SMILES string of the molecule is COC(=O)CNS(=O)(=O)c1ccc(OCC(=O)N(C)C)c(F)c1. The lowest BCUT2D eigenvalue weighted by Gasteiger charge is -2.12. The van der Waals surface area contributed by atoms with Crippen LogP contribution in [-0.4, -0.2) is 59.6 Å². The van der Waals surface area contributed by atoms with Crippen molar-refractivity contribution >= 4 is 21.9 Å². The highest BCUT2D eigenvalue weighted by Gasteiger charge is 2.18. The van der Waals surface area contributed by atoms with Gasteiger partial charge in [0, 0.05) is 14.1 Å². The zero-order valence-electron chi connectivity index (χ0n) is 12.8. The summed E-state index contributed by atoms with van der Waals surface area (Å²) in [5, 5.41) is 0. The van der Waals surface area contributed by atoms with Crippen molar-refractivity contribution in [3.63, 3.8) is 0 Å². The minimum absolute atomic E-state index is 0.257. The predicted molar refractivity (Wildman–Crippen MR) is 77.8 cm³/mol. The Morgan fingerprint density at radius 2 is 1.96 bits per heavy atom. The number of nitrogens with one attached hydrogen (secondary N) is 1. The highest BCUT2D eigenvalue weighted by molar-refractivity contribution is 7.89. The van der Waals surface area contributed by atoms with Crippen LogP contribution < -0.4 is 9.46 Å². The molecule has 0 aliphatic carbocycles. The molecule has 0 bridgehead atoms. The zero-order chi connectivity index (χ0) is 17.6. The minimum atomic E-state index is -4.07. The van der Waals surface area contributed by atoms with Crippen LogP contribution in [0.15, 0.2) is 23.1 Å². The molecular formula is C13H17FN2O6S. The first-order valence-electron chi connectivity index (χ1n) is 6.36. The van der Waals surface area contributed by atoms with E-state index < -0.39 is 28.4 Å². The van der Waals surface area contributed by atoms with E-state index in [1.807, 2.05) is 4.72 Å². The Labute approximate surface area is 133 Å². The summed E-state index contributed by atoms with van der Waals surface area (Å²) in [6.07, 6.45) is 0. The smallest absolute Gasteiger partial charge is 0.320 e. The van der Waals surface area contributed by atoms with Crippen LogP contribution in [-0.2, 0) is 24.3 Å². The Hall–Kier alpha value is -2.20. The summed E-state index contributed by atoms with van der Waals surface area (Å²) in [7, 11) is 0.0747. The van der Waals surface area contributed by atoms with E-state index in [9.17, 15) is 22.4 Å². The average Bonchev–Trinajstić information content (AvgIpc) is 2.50. The number of benzene rings is 1. The predicted octanol–water partition coefficient (Wildman–Crippen LogP) is -0.256. The fourth-order valence-electron chi connectivity index (χ4n) is 1.34. The zero-order valence-corrected chi connectivity index (χ0v) is 13.6. The van der Waals surface area contributed by atoms with E-state index >= 15 is 0 Å². The number of amides is 1. The van der Waals surface area contributed by atoms with Gasteiger partial charge in [0.1, 0.15) is 6.54 Å². The molecule has 0 saturated heterocycles. The van der Waals surface area contributed by atoms with Gasteiger partial charge in [-0.25, -0.2) is 12.8 Å². The maximum Gasteiger partial charge on any atom is 0.320 e. The number of hydrogen-bond donors (Lipinski definition) is 1. The third-order valence-corrected chi connectivity index (χ3v) is 4.10. The second kappa shape index (κ2) is 7.88. The summed E-state index contributed by atoms with van der Waals surface area (Å²) in [6, 6.07) is 2.91. The molecule has 23 heavy (non-hydrogen) atoms. The molecule has 0 aromatic heterocycles. The molecule has 10 heteroatoms. The summed E-state index contributed by atoms with van der Waals surface area (Å²) in [4.78, 5) is 23.2. The van der Waals surface area contributed by atoms with E-state index in [1.165, 1.54) is 19.0 Å². The fourth-order valence-corrected chi connectivity index (χ4v) is 2.32. The van der Waals surface area contributed by atoms with E-state index in [0.717, 1.165) is 25.3 Å². The quantitative estimate of drug-likeness (QED) is 0.682. The molecular weight excluding hydrogens is 331 g/mol. The van der Waals surface area contributed by atoms with Crippen molar-refractivity contribution in [1.29, 1.82) is 0 Å². The Morgan fingerprint density at radius 1 is 1.30 bits per heavy atom. The van der Waals surface area contributed by atoms with E-state index in [4.69, 9.17) is 4.74 Å². The molecule has 128 valence electrons. The van der Waals surface area contributed by atoms with E-state index in [0.29, 0.717) is 0 Å². The number of nitrogens with zero attached hydrogens (tertiary/aromatic N) is 1. The number of sulfonamides is 1. The lowest BCUT2D eigenvalue weighted by Crippen LogP contribution is -2.30. The number of esters is 1. The highest BCUT2D eigenvalue weighted by Crippen LogP contribution is 2.21. The molecule has 0 heterocycles. The number of ether oxygens (including phenoxy) is 2. The molecule has 0 radical (unpaired) electrons. The van der Waals surface area contributed by atoms with Crippen LogP contribution in [0.25, 0.3) is 0 Å². The molecule has 0 fully saturated rings. The molecule has 0 aliphatic rings. The van der Waals surface area contributed by atoms with Gasteiger partial charge in [-0.1, -0.05) is 0 Å². The van der Waals surface area contributed by atoms with Crippen molar-refractivity contribution in [2.24, 2.45) is 0 Å². The molecule has 1 aromatic rings. The Bertz CT molecular complexity index is 690. The first-order chi connectivity index (χ1) is 10.7. The Balaban J connectivity index is 2.82. The Morgan fingerprint density at radius 3 is 2.48 bits per heavy atom. The number of carbonyl (C=O) groups is 2. The van der Waals surface area contributed by atoms with Crippen LogP contribution in [0.1, 0.15) is 0 Å². The van der Waals surface area contributed by atoms with Crippen molar-refractivity contribution in [1.82, 2.24) is 9.62 Å². The number of likely N-dealkylation sites (N-methyl/N-ethyl adjacent to an activating group) is 1. The average molecular weight is 348 g/mol. The van der Waals surface area contributed by atoms with Gasteiger partial charge in [0.15, 0.2) is 18.2 Å². The van der Waals surface area contributed by atoms with Gasteiger partial charge in [-0.15, -0.1) is 0 Å². The van der Waals surface area contributed by atoms with Crippen molar-refractivity contribution in [2.75, 3.05) is 34.4 Å². The topological polar surface area (TPSA) is 102 Å². The number of carbonyl (C=O) groups excluding carboxylic acids is 2. The van der Waals surface area contributed by atoms with Gasteiger partial charge in [-0.3, -0.25) is 9.59 Å². The summed E-state index contributed by atoms with van der Waals surface area (Å²) in [5.74, 6) is -2.36. The summed E-state index contributed by atoms with van der Waals surface area (Å²) in [5.41, 5.74) is 0. The summed E-state index contributed by atoms with van der Waals surface area (Å²) in [6.45, 7) is -0.952. The van der Waals surface area contributed by atoms with Gasteiger partial charge < -0.3 is 14.4 Å². The normalized spacial score (nSPS) is 11.0. The van der Waals surface area contributed by atoms with Gasteiger partial charge in [0.2, 0.25) is 10.0 Å². The van der Waals surface area contributed by atoms with Crippen LogP contribution in [0.4, 0.5) is 4.39 Å². The molecule has 1 N–H and O–H groups in total. The summed E-state index contributed by atoms with van der Waals surface area (Å²) >= 11 is 0. The standard InChI is InChI=1S/C13H17FN2O6S/c1-16(2)12(17)8-22-11-5-4-9(6-10(11)14)23(19,20)15-7-13(18)21-3/h4-6,15H,7-8H2,1-3H3. The number of hydrogen-bond acceptors (Lipinski definition) is 6.